The van der Waals surface area contributed by atoms with Gasteiger partial charge >= 0.3 is 0 Å². The fourth-order valence-corrected chi connectivity index (χ4v) is 5.21. The number of hydrogen-bond donors (Lipinski definition) is 0. The first kappa shape index (κ1) is 12.1. The van der Waals surface area contributed by atoms with Crippen LogP contribution in [0.5, 0.6) is 0 Å². The standard InChI is InChI=1S/C15H22N2O2/c1-8-9(7-16)13-17(19-8)11-10-5-6-15(4,12(11)18-13)14(10,2)3/h8-13H,5-6H2,1-4H3/t8?,9?,10?,11?,12-,13?,15?/m1/s1. The third-order valence-electron chi connectivity index (χ3n) is 6.80. The van der Waals surface area contributed by atoms with Gasteiger partial charge < -0.3 is 4.74 Å². The van der Waals surface area contributed by atoms with E-state index in [1.54, 1.807) is 0 Å². The average molecular weight is 262 g/mol. The second-order valence-corrected chi connectivity index (χ2v) is 7.55. The van der Waals surface area contributed by atoms with Crippen molar-refractivity contribution in [3.05, 3.63) is 0 Å². The van der Waals surface area contributed by atoms with Crippen molar-refractivity contribution >= 4 is 0 Å². The Hall–Kier alpha value is -0.630. The Morgan fingerprint density at radius 1 is 1.32 bits per heavy atom. The van der Waals surface area contributed by atoms with Gasteiger partial charge in [-0.3, -0.25) is 4.84 Å². The van der Waals surface area contributed by atoms with Gasteiger partial charge in [0.15, 0.2) is 6.23 Å². The fraction of sp³-hybridized carbons (Fsp3) is 0.933. The third kappa shape index (κ3) is 1.13. The molecule has 0 N–H and O–H groups in total. The van der Waals surface area contributed by atoms with Crippen molar-refractivity contribution in [3.8, 4) is 6.07 Å². The van der Waals surface area contributed by atoms with Crippen LogP contribution in [0.4, 0.5) is 0 Å². The van der Waals surface area contributed by atoms with Crippen LogP contribution in [0, 0.1) is 34.0 Å². The first-order chi connectivity index (χ1) is 8.91. The van der Waals surface area contributed by atoms with Gasteiger partial charge in [-0.1, -0.05) is 20.8 Å². The highest BCUT2D eigenvalue weighted by atomic mass is 16.8. The topological polar surface area (TPSA) is 45.5 Å². The van der Waals surface area contributed by atoms with Crippen molar-refractivity contribution in [1.29, 1.82) is 5.26 Å². The van der Waals surface area contributed by atoms with E-state index in [-0.39, 0.29) is 29.8 Å². The molecule has 2 aliphatic heterocycles. The van der Waals surface area contributed by atoms with Gasteiger partial charge in [-0.2, -0.15) is 10.3 Å². The van der Waals surface area contributed by atoms with Crippen LogP contribution < -0.4 is 0 Å². The second kappa shape index (κ2) is 3.33. The fourth-order valence-electron chi connectivity index (χ4n) is 5.21. The summed E-state index contributed by atoms with van der Waals surface area (Å²) in [5.74, 6) is 0.467. The Kier molecular flexibility index (Phi) is 2.13. The van der Waals surface area contributed by atoms with Gasteiger partial charge in [0.05, 0.1) is 24.3 Å². The van der Waals surface area contributed by atoms with E-state index in [0.717, 1.165) is 0 Å². The summed E-state index contributed by atoms with van der Waals surface area (Å²) in [6.45, 7) is 9.10. The first-order valence-electron chi connectivity index (χ1n) is 7.42. The number of hydrogen-bond acceptors (Lipinski definition) is 4. The number of nitriles is 1. The SMILES string of the molecule is CC1ON2C(O[C@@H]3C2C2CCC3(C)C2(C)C)C1C#N. The predicted molar refractivity (Wildman–Crippen MR) is 68.6 cm³/mol. The summed E-state index contributed by atoms with van der Waals surface area (Å²) < 4.78 is 6.33. The zero-order chi connectivity index (χ0) is 13.6. The Labute approximate surface area is 114 Å². The van der Waals surface area contributed by atoms with Crippen molar-refractivity contribution in [2.45, 2.75) is 65.0 Å². The van der Waals surface area contributed by atoms with E-state index in [2.05, 4.69) is 26.8 Å². The monoisotopic (exact) mass is 262 g/mol. The van der Waals surface area contributed by atoms with E-state index in [1.165, 1.54) is 12.8 Å². The van der Waals surface area contributed by atoms with Gasteiger partial charge in [-0.15, -0.1) is 0 Å². The quantitative estimate of drug-likeness (QED) is 0.672. The van der Waals surface area contributed by atoms with Gasteiger partial charge in [0.2, 0.25) is 0 Å². The molecule has 19 heavy (non-hydrogen) atoms. The Balaban J connectivity index is 1.73. The molecule has 4 rings (SSSR count). The molecule has 2 aliphatic carbocycles. The Bertz CT molecular complexity index is 471. The smallest absolute Gasteiger partial charge is 0.152 e. The van der Waals surface area contributed by atoms with E-state index in [1.807, 2.05) is 12.0 Å². The lowest BCUT2D eigenvalue weighted by Gasteiger charge is -2.38. The average Bonchev–Trinajstić information content (AvgIpc) is 2.95. The van der Waals surface area contributed by atoms with Gasteiger partial charge in [0, 0.05) is 5.41 Å². The van der Waals surface area contributed by atoms with Crippen LogP contribution in [0.1, 0.15) is 40.5 Å². The molecule has 6 unspecified atom stereocenters. The molecule has 2 saturated heterocycles. The van der Waals surface area contributed by atoms with Crippen LogP contribution in [0.25, 0.3) is 0 Å². The maximum atomic E-state index is 9.32. The molecule has 2 bridgehead atoms. The third-order valence-corrected chi connectivity index (χ3v) is 6.80. The number of fused-ring (bicyclic) bond motifs is 7. The van der Waals surface area contributed by atoms with Crippen molar-refractivity contribution in [2.75, 3.05) is 0 Å². The minimum Gasteiger partial charge on any atom is -0.354 e. The molecular weight excluding hydrogens is 240 g/mol. The van der Waals surface area contributed by atoms with Crippen molar-refractivity contribution in [2.24, 2.45) is 22.7 Å². The number of hydroxylamine groups is 2. The molecule has 4 aliphatic rings. The maximum absolute atomic E-state index is 9.32. The molecule has 0 amide bonds. The van der Waals surface area contributed by atoms with Gasteiger partial charge in [-0.25, -0.2) is 0 Å². The number of ether oxygens (including phenoxy) is 1. The summed E-state index contributed by atoms with van der Waals surface area (Å²) in [6, 6.07) is 2.71. The van der Waals surface area contributed by atoms with Crippen molar-refractivity contribution in [3.63, 3.8) is 0 Å². The predicted octanol–water partition coefficient (Wildman–Crippen LogP) is 2.31. The van der Waals surface area contributed by atoms with Crippen LogP contribution in [-0.2, 0) is 9.57 Å². The zero-order valence-electron chi connectivity index (χ0n) is 12.1. The normalized spacial score (nSPS) is 58.1. The summed E-state index contributed by atoms with van der Waals surface area (Å²) >= 11 is 0. The summed E-state index contributed by atoms with van der Waals surface area (Å²) in [7, 11) is 0. The van der Waals surface area contributed by atoms with E-state index in [4.69, 9.17) is 9.57 Å². The summed E-state index contributed by atoms with van der Waals surface area (Å²) in [5.41, 5.74) is 0.518. The van der Waals surface area contributed by atoms with Crippen LogP contribution in [-0.4, -0.2) is 29.5 Å². The number of nitrogens with zero attached hydrogens (tertiary/aromatic N) is 2. The minimum absolute atomic E-state index is 0.0500. The molecule has 104 valence electrons. The highest BCUT2D eigenvalue weighted by molar-refractivity contribution is 5.21. The molecule has 4 nitrogen and oxygen atoms in total. The molecule has 2 saturated carbocycles. The summed E-state index contributed by atoms with van der Waals surface area (Å²) in [5, 5.41) is 11.4. The van der Waals surface area contributed by atoms with Crippen molar-refractivity contribution < 1.29 is 9.57 Å². The van der Waals surface area contributed by atoms with Crippen LogP contribution >= 0.6 is 0 Å². The largest absolute Gasteiger partial charge is 0.354 e. The Morgan fingerprint density at radius 3 is 2.74 bits per heavy atom. The van der Waals surface area contributed by atoms with E-state index in [0.29, 0.717) is 17.4 Å². The van der Waals surface area contributed by atoms with Crippen LogP contribution in [0.2, 0.25) is 0 Å². The highest BCUT2D eigenvalue weighted by Gasteiger charge is 2.73. The maximum Gasteiger partial charge on any atom is 0.152 e. The lowest BCUT2D eigenvalue weighted by Crippen LogP contribution is -2.42. The Morgan fingerprint density at radius 2 is 2.05 bits per heavy atom. The lowest BCUT2D eigenvalue weighted by molar-refractivity contribution is -0.193. The zero-order valence-corrected chi connectivity index (χ0v) is 12.1. The molecule has 4 heteroatoms. The minimum atomic E-state index is -0.156. The van der Waals surface area contributed by atoms with Crippen LogP contribution in [0.3, 0.4) is 0 Å². The summed E-state index contributed by atoms with van der Waals surface area (Å²) in [6.07, 6.45) is 2.53. The molecular formula is C15H22N2O2. The molecule has 4 fully saturated rings. The molecule has 0 spiro atoms. The molecule has 0 aromatic carbocycles. The molecule has 0 radical (unpaired) electrons. The lowest BCUT2D eigenvalue weighted by atomic mass is 9.70. The summed E-state index contributed by atoms with van der Waals surface area (Å²) in [4.78, 5) is 5.98. The molecule has 7 atom stereocenters. The van der Waals surface area contributed by atoms with Crippen molar-refractivity contribution in [1.82, 2.24) is 5.06 Å². The highest BCUT2D eigenvalue weighted by Crippen LogP contribution is 2.69. The first-order valence-corrected chi connectivity index (χ1v) is 7.42. The van der Waals surface area contributed by atoms with E-state index < -0.39 is 0 Å². The second-order valence-electron chi connectivity index (χ2n) is 7.55. The van der Waals surface area contributed by atoms with E-state index in [9.17, 15) is 5.26 Å². The van der Waals surface area contributed by atoms with Gasteiger partial charge in [-0.05, 0) is 31.1 Å². The molecule has 0 aromatic heterocycles. The van der Waals surface area contributed by atoms with Gasteiger partial charge in [0.25, 0.3) is 0 Å². The van der Waals surface area contributed by atoms with Crippen LogP contribution in [0.15, 0.2) is 0 Å². The van der Waals surface area contributed by atoms with E-state index >= 15 is 0 Å². The number of rotatable bonds is 0. The van der Waals surface area contributed by atoms with Gasteiger partial charge in [0.1, 0.15) is 5.92 Å². The molecule has 0 aromatic rings. The molecule has 2 heterocycles.